The van der Waals surface area contributed by atoms with E-state index in [1.165, 1.54) is 0 Å². The molecule has 0 atom stereocenters. The van der Waals surface area contributed by atoms with Crippen molar-refractivity contribution in [2.45, 2.75) is 0 Å². The van der Waals surface area contributed by atoms with Crippen molar-refractivity contribution < 1.29 is 0 Å². The first-order valence-electron chi connectivity index (χ1n) is 6.08. The Bertz CT molecular complexity index is 986. The number of nitrogen functional groups attached to an aromatic ring is 1. The summed E-state index contributed by atoms with van der Waals surface area (Å²) in [6.07, 6.45) is 3.19. The zero-order valence-electron chi connectivity index (χ0n) is 10.9. The Labute approximate surface area is 123 Å². The third-order valence-electron chi connectivity index (χ3n) is 3.18. The molecule has 0 aromatic carbocycles. The van der Waals surface area contributed by atoms with Crippen molar-refractivity contribution in [2.24, 2.45) is 7.05 Å². The number of aromatic nitrogens is 7. The Morgan fingerprint density at radius 2 is 2.14 bits per heavy atom. The topological polar surface area (TPSA) is 111 Å². The number of nitrogens with two attached hydrogens (primary N) is 1. The first-order chi connectivity index (χ1) is 10.1. The second kappa shape index (κ2) is 4.13. The van der Waals surface area contributed by atoms with Gasteiger partial charge >= 0.3 is 0 Å². The van der Waals surface area contributed by atoms with E-state index in [1.54, 1.807) is 23.2 Å². The third-order valence-corrected chi connectivity index (χ3v) is 3.39. The summed E-state index contributed by atoms with van der Waals surface area (Å²) >= 11 is 5.99. The summed E-state index contributed by atoms with van der Waals surface area (Å²) in [5.74, 6) is 0.709. The van der Waals surface area contributed by atoms with Gasteiger partial charge in [-0.3, -0.25) is 5.10 Å². The molecule has 21 heavy (non-hydrogen) atoms. The van der Waals surface area contributed by atoms with Gasteiger partial charge in [-0.05, 0) is 6.07 Å². The molecule has 4 aromatic rings. The molecule has 0 saturated heterocycles. The van der Waals surface area contributed by atoms with Crippen LogP contribution in [0, 0.1) is 0 Å². The van der Waals surface area contributed by atoms with Crippen molar-refractivity contribution >= 4 is 39.6 Å². The number of fused-ring (bicyclic) bond motifs is 2. The molecule has 9 heteroatoms. The summed E-state index contributed by atoms with van der Waals surface area (Å²) in [6, 6.07) is 1.76. The van der Waals surface area contributed by atoms with E-state index >= 15 is 0 Å². The minimum absolute atomic E-state index is 0.307. The van der Waals surface area contributed by atoms with E-state index in [0.29, 0.717) is 39.2 Å². The molecule has 8 nitrogen and oxygen atoms in total. The lowest BCUT2D eigenvalue weighted by atomic mass is 10.2. The maximum atomic E-state index is 5.99. The molecule has 0 fully saturated rings. The highest BCUT2D eigenvalue weighted by atomic mass is 35.5. The molecular formula is C12H9ClN8. The number of nitrogens with zero attached hydrogens (tertiary/aromatic N) is 6. The largest absolute Gasteiger partial charge is 0.382 e. The molecule has 104 valence electrons. The van der Waals surface area contributed by atoms with Gasteiger partial charge in [0, 0.05) is 13.2 Å². The summed E-state index contributed by atoms with van der Waals surface area (Å²) in [4.78, 5) is 17.1. The fourth-order valence-corrected chi connectivity index (χ4v) is 2.34. The van der Waals surface area contributed by atoms with Crippen LogP contribution in [0.5, 0.6) is 0 Å². The highest BCUT2D eigenvalue weighted by Crippen LogP contribution is 2.27. The average molecular weight is 301 g/mol. The second-order valence-corrected chi connectivity index (χ2v) is 5.02. The SMILES string of the molecule is Cn1cnc2c(N)nc(-c3n[nH]c4ncc(Cl)cc34)nc21. The molecular weight excluding hydrogens is 292 g/mol. The molecule has 0 aliphatic rings. The molecule has 4 heterocycles. The number of pyridine rings is 1. The quantitative estimate of drug-likeness (QED) is 0.551. The number of imidazole rings is 1. The normalized spacial score (nSPS) is 11.5. The summed E-state index contributed by atoms with van der Waals surface area (Å²) in [7, 11) is 1.84. The summed E-state index contributed by atoms with van der Waals surface area (Å²) in [5.41, 5.74) is 8.32. The van der Waals surface area contributed by atoms with Crippen LogP contribution in [0.25, 0.3) is 33.7 Å². The Morgan fingerprint density at radius 1 is 1.29 bits per heavy atom. The van der Waals surface area contributed by atoms with Crippen LogP contribution in [-0.2, 0) is 7.05 Å². The van der Waals surface area contributed by atoms with Gasteiger partial charge in [-0.25, -0.2) is 19.9 Å². The van der Waals surface area contributed by atoms with E-state index in [4.69, 9.17) is 17.3 Å². The predicted octanol–water partition coefficient (Wildman–Crippen LogP) is 1.54. The van der Waals surface area contributed by atoms with E-state index in [1.807, 2.05) is 7.05 Å². The number of halogens is 1. The van der Waals surface area contributed by atoms with Crippen molar-refractivity contribution in [1.29, 1.82) is 0 Å². The lowest BCUT2D eigenvalue weighted by molar-refractivity contribution is 0.928. The van der Waals surface area contributed by atoms with Crippen LogP contribution in [0.3, 0.4) is 0 Å². The standard InChI is InChI=1S/C12H9ClN8/c1-21-4-16-8-9(14)17-11(18-12(8)21)7-6-2-5(13)3-15-10(6)20-19-7/h2-4H,1H3,(H2,14,17,18)(H,15,19,20). The van der Waals surface area contributed by atoms with Crippen LogP contribution < -0.4 is 5.73 Å². The first kappa shape index (κ1) is 12.0. The molecule has 0 radical (unpaired) electrons. The predicted molar refractivity (Wildman–Crippen MR) is 78.6 cm³/mol. The van der Waals surface area contributed by atoms with Gasteiger partial charge in [-0.15, -0.1) is 0 Å². The minimum atomic E-state index is 0.307. The van der Waals surface area contributed by atoms with E-state index in [-0.39, 0.29) is 0 Å². The van der Waals surface area contributed by atoms with Gasteiger partial charge in [0.15, 0.2) is 22.9 Å². The second-order valence-electron chi connectivity index (χ2n) is 4.58. The van der Waals surface area contributed by atoms with E-state index in [9.17, 15) is 0 Å². The van der Waals surface area contributed by atoms with Crippen molar-refractivity contribution in [1.82, 2.24) is 34.7 Å². The summed E-state index contributed by atoms with van der Waals surface area (Å²) < 4.78 is 1.77. The summed E-state index contributed by atoms with van der Waals surface area (Å²) in [6.45, 7) is 0. The molecule has 0 bridgehead atoms. The van der Waals surface area contributed by atoms with Gasteiger partial charge in [-0.1, -0.05) is 11.6 Å². The summed E-state index contributed by atoms with van der Waals surface area (Å²) in [5, 5.41) is 8.29. The molecule has 0 spiro atoms. The van der Waals surface area contributed by atoms with Crippen molar-refractivity contribution in [3.8, 4) is 11.5 Å². The van der Waals surface area contributed by atoms with Gasteiger partial charge in [0.2, 0.25) is 0 Å². The minimum Gasteiger partial charge on any atom is -0.382 e. The molecule has 0 saturated carbocycles. The molecule has 4 rings (SSSR count). The third kappa shape index (κ3) is 1.73. The Morgan fingerprint density at radius 3 is 3.00 bits per heavy atom. The number of aromatic amines is 1. The fraction of sp³-hybridized carbons (Fsp3) is 0.0833. The van der Waals surface area contributed by atoms with Crippen molar-refractivity contribution in [3.05, 3.63) is 23.6 Å². The van der Waals surface area contributed by atoms with Crippen LogP contribution in [0.4, 0.5) is 5.82 Å². The number of hydrogen-bond acceptors (Lipinski definition) is 6. The smallest absolute Gasteiger partial charge is 0.184 e. The van der Waals surface area contributed by atoms with Gasteiger partial charge < -0.3 is 10.3 Å². The van der Waals surface area contributed by atoms with E-state index in [0.717, 1.165) is 5.39 Å². The number of H-pyrrole nitrogens is 1. The average Bonchev–Trinajstić information content (AvgIpc) is 3.03. The molecule has 4 aromatic heterocycles. The number of nitrogens with one attached hydrogen (secondary N) is 1. The number of rotatable bonds is 1. The fourth-order valence-electron chi connectivity index (χ4n) is 2.18. The van der Waals surface area contributed by atoms with E-state index in [2.05, 4.69) is 30.1 Å². The lowest BCUT2D eigenvalue weighted by Gasteiger charge is -2.01. The number of hydrogen-bond donors (Lipinski definition) is 2. The Balaban J connectivity index is 2.04. The Kier molecular flexibility index (Phi) is 2.36. The highest BCUT2D eigenvalue weighted by molar-refractivity contribution is 6.31. The molecule has 0 aliphatic carbocycles. The number of anilines is 1. The van der Waals surface area contributed by atoms with Crippen molar-refractivity contribution in [3.63, 3.8) is 0 Å². The first-order valence-corrected chi connectivity index (χ1v) is 6.46. The van der Waals surface area contributed by atoms with E-state index < -0.39 is 0 Å². The van der Waals surface area contributed by atoms with Crippen LogP contribution in [0.2, 0.25) is 5.02 Å². The number of aryl methyl sites for hydroxylation is 1. The monoisotopic (exact) mass is 300 g/mol. The van der Waals surface area contributed by atoms with Gasteiger partial charge in [-0.2, -0.15) is 5.10 Å². The molecule has 0 aliphatic heterocycles. The highest BCUT2D eigenvalue weighted by Gasteiger charge is 2.16. The molecule has 0 unspecified atom stereocenters. The van der Waals surface area contributed by atoms with Crippen LogP contribution in [0.15, 0.2) is 18.6 Å². The van der Waals surface area contributed by atoms with Gasteiger partial charge in [0.1, 0.15) is 11.2 Å². The van der Waals surface area contributed by atoms with Crippen molar-refractivity contribution in [2.75, 3.05) is 5.73 Å². The zero-order valence-corrected chi connectivity index (χ0v) is 11.6. The van der Waals surface area contributed by atoms with Gasteiger partial charge in [0.05, 0.1) is 16.7 Å². The maximum absolute atomic E-state index is 5.99. The lowest BCUT2D eigenvalue weighted by Crippen LogP contribution is -1.99. The Hall–Kier alpha value is -2.74. The maximum Gasteiger partial charge on any atom is 0.184 e. The molecule has 3 N–H and O–H groups in total. The molecule has 0 amide bonds. The van der Waals surface area contributed by atoms with Crippen LogP contribution in [0.1, 0.15) is 0 Å². The van der Waals surface area contributed by atoms with Crippen LogP contribution >= 0.6 is 11.6 Å². The zero-order chi connectivity index (χ0) is 14.6. The van der Waals surface area contributed by atoms with Crippen LogP contribution in [-0.4, -0.2) is 34.7 Å². The van der Waals surface area contributed by atoms with Gasteiger partial charge in [0.25, 0.3) is 0 Å².